The van der Waals surface area contributed by atoms with Gasteiger partial charge in [-0.3, -0.25) is 9.79 Å². The number of rotatable bonds is 0. The van der Waals surface area contributed by atoms with E-state index in [4.69, 9.17) is 0 Å². The van der Waals surface area contributed by atoms with E-state index in [1.807, 2.05) is 6.08 Å². The van der Waals surface area contributed by atoms with Crippen LogP contribution in [0.15, 0.2) is 17.3 Å². The Labute approximate surface area is 58.8 Å². The van der Waals surface area contributed by atoms with Gasteiger partial charge in [-0.05, 0) is 0 Å². The zero-order chi connectivity index (χ0) is 6.97. The quantitative estimate of drug-likeness (QED) is 0.498. The van der Waals surface area contributed by atoms with Crippen molar-refractivity contribution in [1.82, 2.24) is 5.32 Å². The smallest absolute Gasteiger partial charge is 0.229 e. The first kappa shape index (κ1) is 5.65. The van der Waals surface area contributed by atoms with Crippen LogP contribution in [0.5, 0.6) is 0 Å². The molecule has 0 radical (unpaired) electrons. The van der Waals surface area contributed by atoms with E-state index in [9.17, 15) is 4.79 Å². The first-order valence-electron chi connectivity index (χ1n) is 3.35. The van der Waals surface area contributed by atoms with Crippen LogP contribution in [0.2, 0.25) is 0 Å². The summed E-state index contributed by atoms with van der Waals surface area (Å²) in [6, 6.07) is 0. The van der Waals surface area contributed by atoms with Gasteiger partial charge < -0.3 is 5.32 Å². The van der Waals surface area contributed by atoms with Gasteiger partial charge in [0.2, 0.25) is 5.91 Å². The fourth-order valence-corrected chi connectivity index (χ4v) is 1.33. The van der Waals surface area contributed by atoms with E-state index in [0.717, 1.165) is 6.54 Å². The summed E-state index contributed by atoms with van der Waals surface area (Å²) >= 11 is 0. The molecule has 2 aliphatic heterocycles. The average molecular weight is 136 g/mol. The molecule has 2 aliphatic rings. The van der Waals surface area contributed by atoms with Crippen molar-refractivity contribution in [2.75, 3.05) is 6.54 Å². The van der Waals surface area contributed by atoms with Gasteiger partial charge in [0, 0.05) is 24.9 Å². The van der Waals surface area contributed by atoms with Crippen LogP contribution in [0, 0.1) is 11.8 Å². The van der Waals surface area contributed by atoms with Gasteiger partial charge in [0.15, 0.2) is 0 Å². The third-order valence-electron chi connectivity index (χ3n) is 1.94. The third-order valence-corrected chi connectivity index (χ3v) is 1.94. The van der Waals surface area contributed by atoms with E-state index < -0.39 is 0 Å². The Morgan fingerprint density at radius 3 is 3.40 bits per heavy atom. The Kier molecular flexibility index (Phi) is 1.09. The molecule has 52 valence electrons. The summed E-state index contributed by atoms with van der Waals surface area (Å²) in [5, 5.41) is 2.78. The number of aliphatic imine (C=N–C) groups is 1. The van der Waals surface area contributed by atoms with Gasteiger partial charge in [-0.15, -0.1) is 0 Å². The van der Waals surface area contributed by atoms with E-state index in [-0.39, 0.29) is 11.8 Å². The van der Waals surface area contributed by atoms with Crippen LogP contribution in [0.4, 0.5) is 0 Å². The fourth-order valence-electron chi connectivity index (χ4n) is 1.33. The highest BCUT2D eigenvalue weighted by molar-refractivity contribution is 5.96. The summed E-state index contributed by atoms with van der Waals surface area (Å²) in [6.07, 6.45) is 5.44. The van der Waals surface area contributed by atoms with Crippen molar-refractivity contribution in [2.45, 2.75) is 0 Å². The van der Waals surface area contributed by atoms with Gasteiger partial charge in [-0.1, -0.05) is 6.08 Å². The van der Waals surface area contributed by atoms with E-state index in [1.54, 1.807) is 12.4 Å². The first-order valence-corrected chi connectivity index (χ1v) is 3.35. The summed E-state index contributed by atoms with van der Waals surface area (Å²) < 4.78 is 0. The average Bonchev–Trinajstić information content (AvgIpc) is 2.34. The minimum Gasteiger partial charge on any atom is -0.355 e. The molecule has 1 saturated heterocycles. The molecule has 0 saturated carbocycles. The standard InChI is InChI=1S/C7H8N2O/c10-7-6-4-8-2-1-5(6)3-9-7/h1-2,4-6H,3H2,(H,9,10)/t5-,6+/m1/s1. The lowest BCUT2D eigenvalue weighted by molar-refractivity contribution is -0.120. The Balaban J connectivity index is 2.27. The predicted molar refractivity (Wildman–Crippen MR) is 37.6 cm³/mol. The Morgan fingerprint density at radius 1 is 1.70 bits per heavy atom. The largest absolute Gasteiger partial charge is 0.355 e. The molecule has 0 bridgehead atoms. The summed E-state index contributed by atoms with van der Waals surface area (Å²) in [7, 11) is 0. The maximum atomic E-state index is 11.0. The van der Waals surface area contributed by atoms with E-state index in [0.29, 0.717) is 5.92 Å². The molecule has 1 N–H and O–H groups in total. The zero-order valence-corrected chi connectivity index (χ0v) is 5.45. The normalized spacial score (nSPS) is 35.8. The highest BCUT2D eigenvalue weighted by Gasteiger charge is 2.32. The van der Waals surface area contributed by atoms with Crippen molar-refractivity contribution in [1.29, 1.82) is 0 Å². The molecule has 2 atom stereocenters. The van der Waals surface area contributed by atoms with Crippen molar-refractivity contribution in [2.24, 2.45) is 16.8 Å². The topological polar surface area (TPSA) is 41.5 Å². The number of carbonyl (C=O) groups excluding carboxylic acids is 1. The van der Waals surface area contributed by atoms with Gasteiger partial charge in [0.1, 0.15) is 0 Å². The number of nitrogens with zero attached hydrogens (tertiary/aromatic N) is 1. The minimum absolute atomic E-state index is 0.00463. The van der Waals surface area contributed by atoms with Gasteiger partial charge in [0.05, 0.1) is 5.92 Å². The van der Waals surface area contributed by atoms with Crippen LogP contribution in [-0.4, -0.2) is 18.7 Å². The van der Waals surface area contributed by atoms with Gasteiger partial charge in [0.25, 0.3) is 0 Å². The number of fused-ring (bicyclic) bond motifs is 1. The molecule has 1 fully saturated rings. The summed E-state index contributed by atoms with van der Waals surface area (Å²) in [6.45, 7) is 0.770. The second-order valence-electron chi connectivity index (χ2n) is 2.57. The molecule has 0 aromatic rings. The second-order valence-corrected chi connectivity index (χ2v) is 2.57. The minimum atomic E-state index is 0.00463. The van der Waals surface area contributed by atoms with Crippen molar-refractivity contribution in [3.63, 3.8) is 0 Å². The fraction of sp³-hybridized carbons (Fsp3) is 0.429. The predicted octanol–water partition coefficient (Wildman–Crippen LogP) is -0.0533. The van der Waals surface area contributed by atoms with Crippen LogP contribution < -0.4 is 5.32 Å². The molecule has 3 heteroatoms. The Morgan fingerprint density at radius 2 is 2.60 bits per heavy atom. The van der Waals surface area contributed by atoms with Crippen LogP contribution in [0.1, 0.15) is 0 Å². The second kappa shape index (κ2) is 1.94. The lowest BCUT2D eigenvalue weighted by Crippen LogP contribution is -2.21. The van der Waals surface area contributed by atoms with Gasteiger partial charge in [-0.25, -0.2) is 0 Å². The monoisotopic (exact) mass is 136 g/mol. The highest BCUT2D eigenvalue weighted by atomic mass is 16.2. The zero-order valence-electron chi connectivity index (χ0n) is 5.45. The molecule has 2 rings (SSSR count). The van der Waals surface area contributed by atoms with Crippen molar-refractivity contribution in [3.05, 3.63) is 12.3 Å². The Bertz CT molecular complexity index is 220. The van der Waals surface area contributed by atoms with Crippen LogP contribution in [0.3, 0.4) is 0 Å². The molecule has 2 heterocycles. The molecule has 0 spiro atoms. The Hall–Kier alpha value is -1.12. The van der Waals surface area contributed by atoms with Crippen LogP contribution in [0.25, 0.3) is 0 Å². The summed E-state index contributed by atoms with van der Waals surface area (Å²) in [5.74, 6) is 0.466. The first-order chi connectivity index (χ1) is 4.88. The molecule has 10 heavy (non-hydrogen) atoms. The van der Waals surface area contributed by atoms with Crippen LogP contribution in [-0.2, 0) is 4.79 Å². The van der Waals surface area contributed by atoms with Crippen LogP contribution >= 0.6 is 0 Å². The van der Waals surface area contributed by atoms with Crippen molar-refractivity contribution >= 4 is 12.1 Å². The van der Waals surface area contributed by atoms with E-state index in [2.05, 4.69) is 10.3 Å². The molecule has 1 amide bonds. The van der Waals surface area contributed by atoms with E-state index in [1.165, 1.54) is 0 Å². The molecule has 3 nitrogen and oxygen atoms in total. The third kappa shape index (κ3) is 0.667. The number of hydrogen-bond donors (Lipinski definition) is 1. The molecule has 0 aliphatic carbocycles. The van der Waals surface area contributed by atoms with Crippen molar-refractivity contribution < 1.29 is 4.79 Å². The lowest BCUT2D eigenvalue weighted by Gasteiger charge is -2.08. The molecular weight excluding hydrogens is 128 g/mol. The lowest BCUT2D eigenvalue weighted by atomic mass is 9.95. The number of nitrogens with one attached hydrogen (secondary N) is 1. The molecule has 0 aromatic heterocycles. The maximum Gasteiger partial charge on any atom is 0.229 e. The highest BCUT2D eigenvalue weighted by Crippen LogP contribution is 2.19. The summed E-state index contributed by atoms with van der Waals surface area (Å²) in [5.41, 5.74) is 0. The number of amides is 1. The molecule has 0 unspecified atom stereocenters. The van der Waals surface area contributed by atoms with Gasteiger partial charge >= 0.3 is 0 Å². The molecule has 0 aromatic carbocycles. The van der Waals surface area contributed by atoms with E-state index >= 15 is 0 Å². The SMILES string of the molecule is O=C1NC[C@H]2C=CN=C[C@H]12. The van der Waals surface area contributed by atoms with Gasteiger partial charge in [-0.2, -0.15) is 0 Å². The summed E-state index contributed by atoms with van der Waals surface area (Å²) in [4.78, 5) is 14.9. The number of hydrogen-bond acceptors (Lipinski definition) is 2. The molecular formula is C7H8N2O. The number of carbonyl (C=O) groups is 1. The maximum absolute atomic E-state index is 11.0. The van der Waals surface area contributed by atoms with Crippen molar-refractivity contribution in [3.8, 4) is 0 Å².